The topological polar surface area (TPSA) is 85.7 Å². The zero-order valence-corrected chi connectivity index (χ0v) is 17.0. The Morgan fingerprint density at radius 2 is 2.14 bits per heavy atom. The molecule has 2 aromatic rings. The van der Waals surface area contributed by atoms with Crippen LogP contribution >= 0.6 is 0 Å². The van der Waals surface area contributed by atoms with E-state index in [1.54, 1.807) is 26.1 Å². The van der Waals surface area contributed by atoms with Crippen molar-refractivity contribution in [2.75, 3.05) is 18.0 Å². The van der Waals surface area contributed by atoms with Crippen LogP contribution in [0, 0.1) is 16.7 Å². The SMILES string of the molecule is CC.CCC(F)(F)C1(C)CCCN(c2ncnc3[nH]ccc23)C1.N#CCC=O. The van der Waals surface area contributed by atoms with Gasteiger partial charge in [0.05, 0.1) is 17.9 Å². The molecule has 3 rings (SSSR count). The van der Waals surface area contributed by atoms with E-state index in [2.05, 4.69) is 15.0 Å². The summed E-state index contributed by atoms with van der Waals surface area (Å²) in [6.07, 6.45) is 5.04. The zero-order chi connectivity index (χ0) is 21.2. The second-order valence-electron chi connectivity index (χ2n) is 6.61. The molecule has 154 valence electrons. The molecule has 0 saturated carbocycles. The summed E-state index contributed by atoms with van der Waals surface area (Å²) in [5, 5.41) is 8.48. The first-order chi connectivity index (χ1) is 13.4. The van der Waals surface area contributed by atoms with E-state index in [0.717, 1.165) is 29.8 Å². The molecule has 1 aliphatic heterocycles. The molecule has 0 amide bonds. The summed E-state index contributed by atoms with van der Waals surface area (Å²) in [6.45, 7) is 8.33. The number of nitriles is 1. The average Bonchev–Trinajstić information content (AvgIpc) is 3.19. The minimum atomic E-state index is -2.66. The van der Waals surface area contributed by atoms with Crippen molar-refractivity contribution in [2.45, 2.75) is 59.3 Å². The molecule has 2 aromatic heterocycles. The fraction of sp³-hybridized carbons (Fsp3) is 0.600. The Balaban J connectivity index is 0.000000490. The predicted molar refractivity (Wildman–Crippen MR) is 106 cm³/mol. The molecule has 1 N–H and O–H groups in total. The Morgan fingerprint density at radius 1 is 1.43 bits per heavy atom. The van der Waals surface area contributed by atoms with E-state index in [0.29, 0.717) is 19.3 Å². The van der Waals surface area contributed by atoms with Crippen LogP contribution in [0.25, 0.3) is 11.0 Å². The third kappa shape index (κ3) is 5.24. The Kier molecular flexibility index (Phi) is 8.97. The lowest BCUT2D eigenvalue weighted by molar-refractivity contribution is -0.121. The van der Waals surface area contributed by atoms with Crippen molar-refractivity contribution in [2.24, 2.45) is 5.41 Å². The number of nitrogens with one attached hydrogen (secondary N) is 1. The molecule has 0 aromatic carbocycles. The molecule has 1 fully saturated rings. The van der Waals surface area contributed by atoms with Crippen molar-refractivity contribution in [3.05, 3.63) is 18.6 Å². The zero-order valence-electron chi connectivity index (χ0n) is 17.0. The van der Waals surface area contributed by atoms with Gasteiger partial charge in [0.1, 0.15) is 24.1 Å². The van der Waals surface area contributed by atoms with Crippen LogP contribution in [-0.2, 0) is 4.79 Å². The quantitative estimate of drug-likeness (QED) is 0.759. The normalized spacial score (nSPS) is 19.0. The third-order valence-corrected chi connectivity index (χ3v) is 4.83. The highest BCUT2D eigenvalue weighted by Gasteiger charge is 2.50. The van der Waals surface area contributed by atoms with Crippen LogP contribution in [0.3, 0.4) is 0 Å². The fourth-order valence-electron chi connectivity index (χ4n) is 3.29. The van der Waals surface area contributed by atoms with Gasteiger partial charge < -0.3 is 14.7 Å². The molecule has 8 heteroatoms. The number of fused-ring (bicyclic) bond motifs is 1. The summed E-state index contributed by atoms with van der Waals surface area (Å²) in [7, 11) is 0. The van der Waals surface area contributed by atoms with Gasteiger partial charge in [-0.1, -0.05) is 27.7 Å². The largest absolute Gasteiger partial charge is 0.355 e. The molecule has 1 atom stereocenters. The van der Waals surface area contributed by atoms with Crippen LogP contribution < -0.4 is 4.90 Å². The Bertz CT molecular complexity index is 786. The van der Waals surface area contributed by atoms with Gasteiger partial charge in [0.2, 0.25) is 0 Å². The van der Waals surface area contributed by atoms with Crippen molar-refractivity contribution < 1.29 is 13.6 Å². The summed E-state index contributed by atoms with van der Waals surface area (Å²) < 4.78 is 28.6. The maximum Gasteiger partial charge on any atom is 0.254 e. The molecular weight excluding hydrogens is 364 g/mol. The van der Waals surface area contributed by atoms with Gasteiger partial charge in [-0.05, 0) is 18.9 Å². The summed E-state index contributed by atoms with van der Waals surface area (Å²) in [5.41, 5.74) is -0.261. The van der Waals surface area contributed by atoms with Gasteiger partial charge in [0, 0.05) is 31.1 Å². The van der Waals surface area contributed by atoms with E-state index in [-0.39, 0.29) is 12.8 Å². The number of piperidine rings is 1. The molecule has 0 bridgehead atoms. The van der Waals surface area contributed by atoms with Crippen molar-refractivity contribution in [3.8, 4) is 6.07 Å². The number of alkyl halides is 2. The number of H-pyrrole nitrogens is 1. The van der Waals surface area contributed by atoms with Crippen molar-refractivity contribution in [1.82, 2.24) is 15.0 Å². The highest BCUT2D eigenvalue weighted by molar-refractivity contribution is 5.87. The van der Waals surface area contributed by atoms with Gasteiger partial charge in [0.25, 0.3) is 5.92 Å². The second-order valence-corrected chi connectivity index (χ2v) is 6.61. The van der Waals surface area contributed by atoms with Crippen LogP contribution in [0.5, 0.6) is 0 Å². The molecule has 6 nitrogen and oxygen atoms in total. The van der Waals surface area contributed by atoms with Crippen molar-refractivity contribution >= 4 is 23.1 Å². The van der Waals surface area contributed by atoms with Gasteiger partial charge >= 0.3 is 0 Å². The number of hydrogen-bond donors (Lipinski definition) is 1. The number of aromatic nitrogens is 3. The van der Waals surface area contributed by atoms with Gasteiger partial charge in [-0.3, -0.25) is 0 Å². The van der Waals surface area contributed by atoms with Gasteiger partial charge in [-0.25, -0.2) is 18.7 Å². The lowest BCUT2D eigenvalue weighted by Gasteiger charge is -2.45. The first kappa shape index (κ1) is 23.5. The minimum absolute atomic E-state index is 0.0139. The molecular formula is C20H29F2N5O. The predicted octanol–water partition coefficient (Wildman–Crippen LogP) is 4.73. The van der Waals surface area contributed by atoms with Gasteiger partial charge in [-0.2, -0.15) is 5.26 Å². The number of rotatable bonds is 4. The number of hydrogen-bond acceptors (Lipinski definition) is 5. The Morgan fingerprint density at radius 3 is 2.71 bits per heavy atom. The smallest absolute Gasteiger partial charge is 0.254 e. The molecule has 1 saturated heterocycles. The number of halogens is 2. The fourth-order valence-corrected chi connectivity index (χ4v) is 3.29. The molecule has 0 spiro atoms. The number of carbonyl (C=O) groups excluding carboxylic acids is 1. The number of aldehydes is 1. The van der Waals surface area contributed by atoms with E-state index >= 15 is 0 Å². The average molecular weight is 393 g/mol. The molecule has 3 heterocycles. The van der Waals surface area contributed by atoms with E-state index in [1.807, 2.05) is 24.8 Å². The van der Waals surface area contributed by atoms with Crippen LogP contribution in [0.4, 0.5) is 14.6 Å². The number of nitrogens with zero attached hydrogens (tertiary/aromatic N) is 4. The highest BCUT2D eigenvalue weighted by Crippen LogP contribution is 2.46. The lowest BCUT2D eigenvalue weighted by atomic mass is 9.75. The first-order valence-electron chi connectivity index (χ1n) is 9.60. The molecule has 1 unspecified atom stereocenters. The Labute approximate surface area is 165 Å². The number of aromatic amines is 1. The molecule has 28 heavy (non-hydrogen) atoms. The van der Waals surface area contributed by atoms with Crippen LogP contribution in [0.1, 0.15) is 53.4 Å². The molecule has 0 aliphatic carbocycles. The second kappa shape index (κ2) is 10.7. The van der Waals surface area contributed by atoms with Crippen LogP contribution in [-0.4, -0.2) is 40.3 Å². The number of carbonyl (C=O) groups is 1. The highest BCUT2D eigenvalue weighted by atomic mass is 19.3. The Hall–Kier alpha value is -2.56. The van der Waals surface area contributed by atoms with Crippen molar-refractivity contribution in [3.63, 3.8) is 0 Å². The van der Waals surface area contributed by atoms with Crippen molar-refractivity contribution in [1.29, 1.82) is 5.26 Å². The van der Waals surface area contributed by atoms with E-state index in [9.17, 15) is 13.6 Å². The molecule has 1 aliphatic rings. The van der Waals surface area contributed by atoms with E-state index in [1.165, 1.54) is 6.33 Å². The first-order valence-corrected chi connectivity index (χ1v) is 9.60. The van der Waals surface area contributed by atoms with Crippen LogP contribution in [0.15, 0.2) is 18.6 Å². The maximum absolute atomic E-state index is 14.3. The summed E-state index contributed by atoms with van der Waals surface area (Å²) >= 11 is 0. The van der Waals surface area contributed by atoms with E-state index < -0.39 is 11.3 Å². The molecule has 0 radical (unpaired) electrons. The summed E-state index contributed by atoms with van der Waals surface area (Å²) in [6, 6.07) is 3.55. The van der Waals surface area contributed by atoms with Crippen LogP contribution in [0.2, 0.25) is 0 Å². The maximum atomic E-state index is 14.3. The summed E-state index contributed by atoms with van der Waals surface area (Å²) in [5.74, 6) is -1.91. The minimum Gasteiger partial charge on any atom is -0.355 e. The standard InChI is InChI=1S/C15H20F2N4.C3H3NO.C2H6/c1-3-15(16,17)14(2)6-4-8-21(9-14)13-11-5-7-18-12(11)19-10-20-13;4-2-1-3-5;1-2/h5,7,10H,3-4,6,8-9H2,1-2H3,(H,18,19,20);3H,1H2;1-2H3. The number of anilines is 1. The van der Waals surface area contributed by atoms with E-state index in [4.69, 9.17) is 5.26 Å². The monoisotopic (exact) mass is 393 g/mol. The lowest BCUT2D eigenvalue weighted by Crippen LogP contribution is -2.51. The summed E-state index contributed by atoms with van der Waals surface area (Å²) in [4.78, 5) is 22.7. The third-order valence-electron chi connectivity index (χ3n) is 4.83. The van der Waals surface area contributed by atoms with Gasteiger partial charge in [0.15, 0.2) is 0 Å². The van der Waals surface area contributed by atoms with Gasteiger partial charge in [-0.15, -0.1) is 0 Å².